The molecule has 0 fully saturated rings. The molecule has 10 heteroatoms. The fourth-order valence-electron chi connectivity index (χ4n) is 1.88. The highest BCUT2D eigenvalue weighted by atomic mass is 32.2. The number of benzene rings is 1. The molecule has 0 unspecified atom stereocenters. The fourth-order valence-corrected chi connectivity index (χ4v) is 2.72. The van der Waals surface area contributed by atoms with Gasteiger partial charge in [0.15, 0.2) is 0 Å². The van der Waals surface area contributed by atoms with Gasteiger partial charge in [-0.1, -0.05) is 0 Å². The van der Waals surface area contributed by atoms with E-state index in [4.69, 9.17) is 0 Å². The van der Waals surface area contributed by atoms with Gasteiger partial charge in [-0.15, -0.1) is 0 Å². The summed E-state index contributed by atoms with van der Waals surface area (Å²) in [5.41, 5.74) is -1.61. The Hall–Kier alpha value is -1.68. The molecule has 148 valence electrons. The number of carbonyl (C=O) groups is 1. The van der Waals surface area contributed by atoms with E-state index in [0.717, 1.165) is 6.07 Å². The lowest BCUT2D eigenvalue weighted by atomic mass is 10.1. The maximum absolute atomic E-state index is 13.2. The van der Waals surface area contributed by atoms with Crippen LogP contribution in [0.5, 0.6) is 0 Å². The summed E-state index contributed by atoms with van der Waals surface area (Å²) in [6.45, 7) is 4.82. The monoisotopic (exact) mass is 398 g/mol. The molecule has 1 aromatic rings. The van der Waals surface area contributed by atoms with E-state index in [1.165, 1.54) is 0 Å². The van der Waals surface area contributed by atoms with E-state index in [2.05, 4.69) is 10.0 Å². The Labute approximate surface area is 150 Å². The van der Waals surface area contributed by atoms with Crippen LogP contribution in [-0.4, -0.2) is 25.6 Å². The van der Waals surface area contributed by atoms with Gasteiger partial charge in [0, 0.05) is 18.7 Å². The number of rotatable bonds is 7. The second kappa shape index (κ2) is 8.34. The molecular weight excluding hydrogens is 376 g/mol. The molecule has 1 rings (SSSR count). The zero-order chi connectivity index (χ0) is 20.2. The lowest BCUT2D eigenvalue weighted by Gasteiger charge is -2.19. The van der Waals surface area contributed by atoms with Gasteiger partial charge in [0.2, 0.25) is 15.9 Å². The summed E-state index contributed by atoms with van der Waals surface area (Å²) in [7, 11) is -3.46. The third-order valence-electron chi connectivity index (χ3n) is 3.48. The molecular formula is C16H22F4N2O3S. The highest BCUT2D eigenvalue weighted by Crippen LogP contribution is 2.33. The van der Waals surface area contributed by atoms with Crippen molar-refractivity contribution in [2.75, 3.05) is 11.9 Å². The van der Waals surface area contributed by atoms with Gasteiger partial charge in [-0.25, -0.2) is 17.5 Å². The van der Waals surface area contributed by atoms with Crippen molar-refractivity contribution in [2.45, 2.75) is 51.0 Å². The number of carbonyl (C=O) groups excluding carboxylic acids is 1. The molecule has 0 aliphatic heterocycles. The summed E-state index contributed by atoms with van der Waals surface area (Å²) in [5, 5.41) is 2.27. The van der Waals surface area contributed by atoms with Crippen LogP contribution in [0.4, 0.5) is 23.2 Å². The first-order chi connectivity index (χ1) is 11.7. The summed E-state index contributed by atoms with van der Waals surface area (Å²) in [5.74, 6) is -1.95. The standard InChI is InChI=1S/C16H22F4N2O3S/c1-15(2,3)26(24,25)21-9-5-4-6-14(23)22-11-7-8-13(17)12(10-11)16(18,19)20/h7-8,10,21H,4-6,9H2,1-3H3,(H,22,23). The highest BCUT2D eigenvalue weighted by Gasteiger charge is 2.34. The molecule has 1 aromatic carbocycles. The topological polar surface area (TPSA) is 75.3 Å². The molecule has 0 atom stereocenters. The van der Waals surface area contributed by atoms with Crippen LogP contribution in [0.1, 0.15) is 45.6 Å². The third-order valence-corrected chi connectivity index (χ3v) is 5.68. The summed E-state index contributed by atoms with van der Waals surface area (Å²) in [6.07, 6.45) is -4.13. The second-order valence-electron chi connectivity index (χ2n) is 6.71. The maximum atomic E-state index is 13.2. The smallest absolute Gasteiger partial charge is 0.326 e. The number of nitrogens with one attached hydrogen (secondary N) is 2. The zero-order valence-electron chi connectivity index (χ0n) is 14.7. The van der Waals surface area contributed by atoms with E-state index in [0.29, 0.717) is 25.0 Å². The summed E-state index contributed by atoms with van der Waals surface area (Å²) in [6, 6.07) is 2.21. The van der Waals surface area contributed by atoms with E-state index < -0.39 is 38.2 Å². The zero-order valence-corrected chi connectivity index (χ0v) is 15.5. The van der Waals surface area contributed by atoms with Gasteiger partial charge in [0.25, 0.3) is 0 Å². The summed E-state index contributed by atoms with van der Waals surface area (Å²) >= 11 is 0. The lowest BCUT2D eigenvalue weighted by molar-refractivity contribution is -0.140. The van der Waals surface area contributed by atoms with Gasteiger partial charge < -0.3 is 5.32 Å². The van der Waals surface area contributed by atoms with Crippen molar-refractivity contribution in [3.63, 3.8) is 0 Å². The van der Waals surface area contributed by atoms with Crippen LogP contribution < -0.4 is 10.0 Å². The minimum atomic E-state index is -4.85. The summed E-state index contributed by atoms with van der Waals surface area (Å²) in [4.78, 5) is 11.8. The van der Waals surface area contributed by atoms with Gasteiger partial charge in [-0.3, -0.25) is 4.79 Å². The second-order valence-corrected chi connectivity index (χ2v) is 9.23. The quantitative estimate of drug-likeness (QED) is 0.544. The molecule has 0 aliphatic rings. The third kappa shape index (κ3) is 6.56. The van der Waals surface area contributed by atoms with Gasteiger partial charge in [-0.05, 0) is 51.8 Å². The van der Waals surface area contributed by atoms with Crippen LogP contribution in [-0.2, 0) is 21.0 Å². The van der Waals surface area contributed by atoms with Gasteiger partial charge in [-0.2, -0.15) is 13.2 Å². The van der Waals surface area contributed by atoms with Crippen LogP contribution in [0.3, 0.4) is 0 Å². The molecule has 1 amide bonds. The molecule has 0 aromatic heterocycles. The van der Waals surface area contributed by atoms with E-state index in [1.54, 1.807) is 20.8 Å². The molecule has 0 bridgehead atoms. The van der Waals surface area contributed by atoms with Crippen molar-refractivity contribution in [3.05, 3.63) is 29.6 Å². The number of halogens is 4. The SMILES string of the molecule is CC(C)(C)S(=O)(=O)NCCCCC(=O)Nc1ccc(F)c(C(F)(F)F)c1. The van der Waals surface area contributed by atoms with Gasteiger partial charge in [0.1, 0.15) is 5.82 Å². The molecule has 0 heterocycles. The van der Waals surface area contributed by atoms with Gasteiger partial charge in [0.05, 0.1) is 10.3 Å². The van der Waals surface area contributed by atoms with E-state index in [-0.39, 0.29) is 18.7 Å². The van der Waals surface area contributed by atoms with E-state index >= 15 is 0 Å². The number of anilines is 1. The average Bonchev–Trinajstić information content (AvgIpc) is 2.46. The number of sulfonamides is 1. The number of hydrogen-bond acceptors (Lipinski definition) is 3. The van der Waals surface area contributed by atoms with Crippen LogP contribution in [0.25, 0.3) is 0 Å². The largest absolute Gasteiger partial charge is 0.419 e. The van der Waals surface area contributed by atoms with Gasteiger partial charge >= 0.3 is 6.18 Å². The number of alkyl halides is 3. The molecule has 5 nitrogen and oxygen atoms in total. The predicted octanol–water partition coefficient (Wildman–Crippen LogP) is 3.67. The Bertz CT molecular complexity index is 741. The first-order valence-electron chi connectivity index (χ1n) is 7.90. The average molecular weight is 398 g/mol. The van der Waals surface area contributed by atoms with Crippen molar-refractivity contribution in [3.8, 4) is 0 Å². The van der Waals surface area contributed by atoms with Crippen molar-refractivity contribution in [1.29, 1.82) is 0 Å². The van der Waals surface area contributed by atoms with Crippen LogP contribution in [0.15, 0.2) is 18.2 Å². The normalized spacial score (nSPS) is 12.9. The van der Waals surface area contributed by atoms with Crippen molar-refractivity contribution in [2.24, 2.45) is 0 Å². The Balaban J connectivity index is 2.47. The number of unbranched alkanes of at least 4 members (excludes halogenated alkanes) is 1. The minimum absolute atomic E-state index is 0.00399. The molecule has 0 radical (unpaired) electrons. The molecule has 0 saturated heterocycles. The molecule has 0 aliphatic carbocycles. The van der Waals surface area contributed by atoms with Crippen LogP contribution >= 0.6 is 0 Å². The van der Waals surface area contributed by atoms with Crippen LogP contribution in [0.2, 0.25) is 0 Å². The predicted molar refractivity (Wildman–Crippen MR) is 90.6 cm³/mol. The summed E-state index contributed by atoms with van der Waals surface area (Å²) < 4.78 is 76.2. The molecule has 26 heavy (non-hydrogen) atoms. The first kappa shape index (κ1) is 22.4. The maximum Gasteiger partial charge on any atom is 0.419 e. The number of amides is 1. The Morgan fingerprint density at radius 2 is 1.73 bits per heavy atom. The highest BCUT2D eigenvalue weighted by molar-refractivity contribution is 7.90. The number of hydrogen-bond donors (Lipinski definition) is 2. The molecule has 0 saturated carbocycles. The van der Waals surface area contributed by atoms with Crippen LogP contribution in [0, 0.1) is 5.82 Å². The Morgan fingerprint density at radius 1 is 1.12 bits per heavy atom. The molecule has 2 N–H and O–H groups in total. The lowest BCUT2D eigenvalue weighted by Crippen LogP contribution is -2.39. The van der Waals surface area contributed by atoms with Crippen molar-refractivity contribution < 1.29 is 30.8 Å². The fraction of sp³-hybridized carbons (Fsp3) is 0.562. The minimum Gasteiger partial charge on any atom is -0.326 e. The molecule has 0 spiro atoms. The first-order valence-corrected chi connectivity index (χ1v) is 9.38. The van der Waals surface area contributed by atoms with Crippen molar-refractivity contribution >= 4 is 21.6 Å². The van der Waals surface area contributed by atoms with E-state index in [1.807, 2.05) is 0 Å². The Kier molecular flexibility index (Phi) is 7.17. The Morgan fingerprint density at radius 3 is 2.27 bits per heavy atom. The van der Waals surface area contributed by atoms with Crippen molar-refractivity contribution in [1.82, 2.24) is 4.72 Å². The van der Waals surface area contributed by atoms with E-state index in [9.17, 15) is 30.8 Å².